The molecule has 0 spiro atoms. The molecule has 64 heavy (non-hydrogen) atoms. The van der Waals surface area contributed by atoms with Crippen molar-refractivity contribution in [3.8, 4) is 17.1 Å². The summed E-state index contributed by atoms with van der Waals surface area (Å²) in [4.78, 5) is 70.1. The fourth-order valence-electron chi connectivity index (χ4n) is 6.65. The number of ether oxygens (including phenoxy) is 2. The molecule has 0 aliphatic carbocycles. The Morgan fingerprint density at radius 1 is 0.984 bits per heavy atom. The van der Waals surface area contributed by atoms with E-state index in [1.807, 2.05) is 6.07 Å². The molecule has 1 unspecified atom stereocenters. The zero-order valence-electron chi connectivity index (χ0n) is 33.5. The van der Waals surface area contributed by atoms with Gasteiger partial charge in [-0.3, -0.25) is 29.1 Å². The first-order valence-electron chi connectivity index (χ1n) is 19.7. The summed E-state index contributed by atoms with van der Waals surface area (Å²) in [5.41, 5.74) is 1.02. The second-order valence-electron chi connectivity index (χ2n) is 14.2. The number of hydrogen-bond acceptors (Lipinski definition) is 13. The number of hydrogen-bond donors (Lipinski definition) is 4. The summed E-state index contributed by atoms with van der Waals surface area (Å²) >= 11 is 0. The SMILES string of the molecule is O=C1CCC(n2c(=O)oc3c(CCCOCCOCCNC(=O)c4ccc(-n5cc(NC(=O)c6coc(-c7ccnc(NCC(F)(F)F)c7)n6)c(C(F)F)n5)cc4)cccc32)C(=O)N1. The van der Waals surface area contributed by atoms with E-state index in [2.05, 4.69) is 36.3 Å². The molecule has 0 saturated carbocycles. The molecule has 1 saturated heterocycles. The van der Waals surface area contributed by atoms with Crippen molar-refractivity contribution in [1.82, 2.24) is 34.9 Å². The highest BCUT2D eigenvalue weighted by molar-refractivity contribution is 6.03. The van der Waals surface area contributed by atoms with E-state index in [0.717, 1.165) is 22.7 Å². The van der Waals surface area contributed by atoms with Gasteiger partial charge in [0.25, 0.3) is 18.2 Å². The number of oxazole rings is 2. The van der Waals surface area contributed by atoms with Gasteiger partial charge < -0.3 is 34.3 Å². The number of aryl methyl sites for hydroxylation is 1. The van der Waals surface area contributed by atoms with Crippen LogP contribution >= 0.6 is 0 Å². The highest BCUT2D eigenvalue weighted by Crippen LogP contribution is 2.29. The number of amides is 4. The van der Waals surface area contributed by atoms with Gasteiger partial charge in [-0.05, 0) is 67.3 Å². The number of fused-ring (bicyclic) bond motifs is 1. The first-order valence-corrected chi connectivity index (χ1v) is 19.7. The lowest BCUT2D eigenvalue weighted by atomic mass is 10.0. The number of nitrogens with one attached hydrogen (secondary N) is 4. The topological polar surface area (TPSA) is 227 Å². The molecule has 4 amide bonds. The van der Waals surface area contributed by atoms with E-state index in [1.165, 1.54) is 47.2 Å². The Balaban J connectivity index is 0.823. The van der Waals surface area contributed by atoms with Crippen LogP contribution in [0.25, 0.3) is 28.2 Å². The quantitative estimate of drug-likeness (QED) is 0.0457. The summed E-state index contributed by atoms with van der Waals surface area (Å²) in [5, 5.41) is 13.3. The minimum absolute atomic E-state index is 0.119. The second-order valence-corrected chi connectivity index (χ2v) is 14.2. The molecule has 1 fully saturated rings. The van der Waals surface area contributed by atoms with Crippen molar-refractivity contribution in [1.29, 1.82) is 0 Å². The van der Waals surface area contributed by atoms with Crippen LogP contribution in [0.3, 0.4) is 0 Å². The molecule has 4 aromatic heterocycles. The second kappa shape index (κ2) is 19.8. The molecule has 0 bridgehead atoms. The third-order valence-corrected chi connectivity index (χ3v) is 9.69. The Hall–Kier alpha value is -7.27. The van der Waals surface area contributed by atoms with Crippen LogP contribution in [-0.2, 0) is 25.5 Å². The predicted molar refractivity (Wildman–Crippen MR) is 215 cm³/mol. The third-order valence-electron chi connectivity index (χ3n) is 9.69. The van der Waals surface area contributed by atoms with E-state index < -0.39 is 54.4 Å². The van der Waals surface area contributed by atoms with Gasteiger partial charge in [0.2, 0.25) is 17.7 Å². The molecule has 18 nitrogen and oxygen atoms in total. The average Bonchev–Trinajstić information content (AvgIpc) is 4.02. The number of benzene rings is 2. The first-order chi connectivity index (χ1) is 30.7. The van der Waals surface area contributed by atoms with Crippen LogP contribution in [0.2, 0.25) is 0 Å². The van der Waals surface area contributed by atoms with E-state index in [1.54, 1.807) is 12.1 Å². The molecule has 1 aliphatic rings. The van der Waals surface area contributed by atoms with Crippen LogP contribution in [0.5, 0.6) is 0 Å². The lowest BCUT2D eigenvalue weighted by Crippen LogP contribution is -2.43. The number of aromatic nitrogens is 5. The van der Waals surface area contributed by atoms with Crippen LogP contribution in [-0.4, -0.2) is 93.6 Å². The highest BCUT2D eigenvalue weighted by atomic mass is 19.4. The Bertz CT molecular complexity index is 2690. The third kappa shape index (κ3) is 11.0. The summed E-state index contributed by atoms with van der Waals surface area (Å²) in [6, 6.07) is 13.0. The minimum Gasteiger partial charge on any atom is -0.444 e. The molecule has 7 rings (SSSR count). The summed E-state index contributed by atoms with van der Waals surface area (Å²) < 4.78 is 90.1. The summed E-state index contributed by atoms with van der Waals surface area (Å²) in [7, 11) is 0. The van der Waals surface area contributed by atoms with Crippen LogP contribution in [0.1, 0.15) is 63.8 Å². The summed E-state index contributed by atoms with van der Waals surface area (Å²) in [6.45, 7) is -0.00897. The van der Waals surface area contributed by atoms with Crippen molar-refractivity contribution < 1.29 is 59.4 Å². The van der Waals surface area contributed by atoms with Crippen LogP contribution in [0, 0.1) is 0 Å². The van der Waals surface area contributed by atoms with E-state index in [-0.39, 0.29) is 79.3 Å². The maximum Gasteiger partial charge on any atom is 0.420 e. The van der Waals surface area contributed by atoms with Gasteiger partial charge in [0.15, 0.2) is 17.0 Å². The molecular weight excluding hydrogens is 857 g/mol. The maximum atomic E-state index is 14.0. The molecule has 1 aliphatic heterocycles. The number of nitrogens with zero attached hydrogens (tertiary/aromatic N) is 5. The van der Waals surface area contributed by atoms with Crippen LogP contribution in [0.15, 0.2) is 86.9 Å². The van der Waals surface area contributed by atoms with Crippen molar-refractivity contribution >= 4 is 46.2 Å². The monoisotopic (exact) mass is 895 g/mol. The fourth-order valence-corrected chi connectivity index (χ4v) is 6.65. The predicted octanol–water partition coefficient (Wildman–Crippen LogP) is 5.37. The largest absolute Gasteiger partial charge is 0.444 e. The lowest BCUT2D eigenvalue weighted by molar-refractivity contribution is -0.135. The van der Waals surface area contributed by atoms with Gasteiger partial charge in [-0.15, -0.1) is 0 Å². The number of para-hydroxylation sites is 1. The van der Waals surface area contributed by atoms with Crippen molar-refractivity contribution in [2.45, 2.75) is 44.3 Å². The Labute approximate surface area is 358 Å². The van der Waals surface area contributed by atoms with Gasteiger partial charge in [0, 0.05) is 36.9 Å². The van der Waals surface area contributed by atoms with Crippen molar-refractivity contribution in [3.05, 3.63) is 106 Å². The van der Waals surface area contributed by atoms with Gasteiger partial charge in [-0.25, -0.2) is 28.2 Å². The Morgan fingerprint density at radius 2 is 1.77 bits per heavy atom. The van der Waals surface area contributed by atoms with Crippen molar-refractivity contribution in [2.75, 3.05) is 50.2 Å². The number of imide groups is 1. The van der Waals surface area contributed by atoms with Gasteiger partial charge in [0.1, 0.15) is 24.7 Å². The smallest absolute Gasteiger partial charge is 0.420 e. The Kier molecular flexibility index (Phi) is 13.9. The zero-order chi connectivity index (χ0) is 45.4. The van der Waals surface area contributed by atoms with Crippen molar-refractivity contribution in [2.24, 2.45) is 0 Å². The number of carbonyl (C=O) groups is 4. The molecule has 6 aromatic rings. The van der Waals surface area contributed by atoms with Crippen molar-refractivity contribution in [3.63, 3.8) is 0 Å². The van der Waals surface area contributed by atoms with Gasteiger partial charge >= 0.3 is 11.9 Å². The number of alkyl halides is 5. The van der Waals surface area contributed by atoms with E-state index in [9.17, 15) is 45.9 Å². The molecule has 2 aromatic carbocycles. The molecule has 1 atom stereocenters. The fraction of sp³-hybridized carbons (Fsp3) is 0.317. The number of anilines is 2. The van der Waals surface area contributed by atoms with E-state index >= 15 is 0 Å². The van der Waals surface area contributed by atoms with Gasteiger partial charge in [-0.1, -0.05) is 12.1 Å². The number of carbonyl (C=O) groups excluding carboxylic acids is 4. The van der Waals surface area contributed by atoms with Crippen LogP contribution in [0.4, 0.5) is 33.5 Å². The number of rotatable bonds is 19. The zero-order valence-corrected chi connectivity index (χ0v) is 33.5. The summed E-state index contributed by atoms with van der Waals surface area (Å²) in [6.07, 6.45) is -2.77. The normalized spacial score (nSPS) is 14.2. The highest BCUT2D eigenvalue weighted by Gasteiger charge is 2.32. The number of piperidine rings is 1. The standard InChI is InChI=1S/C41H38F5N9O9/c42-35(43)33-27(50-37(58)28-21-63-39(51-28)25-12-13-47-31(19-25)49-22-41(44,45)46)20-54(53-33)26-8-6-24(7-9-26)36(57)48-14-16-62-18-17-61-15-2-4-23-3-1-5-29-34(23)64-40(60)55(29)30-10-11-32(56)52-38(30)59/h1,3,5-9,12-13,19-21,30,35H,2,4,10-11,14-18,22H2,(H,47,49)(H,48,57)(H,50,58)(H,52,56,59). The molecule has 4 N–H and O–H groups in total. The average molecular weight is 896 g/mol. The van der Waals surface area contributed by atoms with E-state index in [4.69, 9.17) is 18.3 Å². The molecule has 0 radical (unpaired) electrons. The molecule has 336 valence electrons. The molecule has 5 heterocycles. The minimum atomic E-state index is -4.48. The lowest BCUT2D eigenvalue weighted by Gasteiger charge is -2.21. The Morgan fingerprint density at radius 3 is 2.52 bits per heavy atom. The number of halogens is 5. The number of pyridine rings is 1. The summed E-state index contributed by atoms with van der Waals surface area (Å²) in [5.74, 6) is -3.19. The molecular formula is C41H38F5N9O9. The van der Waals surface area contributed by atoms with Gasteiger partial charge in [-0.2, -0.15) is 18.3 Å². The molecule has 23 heteroatoms. The first kappa shape index (κ1) is 44.8. The van der Waals surface area contributed by atoms with E-state index in [0.29, 0.717) is 36.2 Å². The maximum absolute atomic E-state index is 14.0. The van der Waals surface area contributed by atoms with Crippen LogP contribution < -0.4 is 27.0 Å². The van der Waals surface area contributed by atoms with Gasteiger partial charge in [0.05, 0.1) is 42.9 Å².